The molecule has 0 saturated carbocycles. The fourth-order valence-corrected chi connectivity index (χ4v) is 4.34. The highest BCUT2D eigenvalue weighted by molar-refractivity contribution is 5.88. The largest absolute Gasteiger partial charge is 0.509 e. The fraction of sp³-hybridized carbons (Fsp3) is 0.200. The van der Waals surface area contributed by atoms with Gasteiger partial charge in [0.05, 0.1) is 0 Å². The maximum Gasteiger partial charge on any atom is 0.139 e. The van der Waals surface area contributed by atoms with Gasteiger partial charge in [-0.25, -0.2) is 0 Å². The van der Waals surface area contributed by atoms with E-state index in [-0.39, 0.29) is 0 Å². The molecule has 0 aliphatic heterocycles. The van der Waals surface area contributed by atoms with E-state index in [2.05, 4.69) is 0 Å². The van der Waals surface area contributed by atoms with Crippen molar-refractivity contribution in [1.82, 2.24) is 0 Å². The molecule has 0 spiro atoms. The Kier molecular flexibility index (Phi) is 7.43. The topological polar surface area (TPSA) is 121 Å². The van der Waals surface area contributed by atoms with Crippen LogP contribution in [0.2, 0.25) is 0 Å². The molecule has 0 saturated heterocycles. The van der Waals surface area contributed by atoms with E-state index < -0.39 is 35.9 Å². The van der Waals surface area contributed by atoms with Gasteiger partial charge in [-0.3, -0.25) is 0 Å². The summed E-state index contributed by atoms with van der Waals surface area (Å²) in [6.45, 7) is 3.99. The molecule has 0 unspecified atom stereocenters. The lowest BCUT2D eigenvalue weighted by Gasteiger charge is -2.26. The van der Waals surface area contributed by atoms with E-state index in [0.29, 0.717) is 11.1 Å². The first-order valence-corrected chi connectivity index (χ1v) is 11.7. The van der Waals surface area contributed by atoms with Gasteiger partial charge in [-0.1, -0.05) is 60.7 Å². The van der Waals surface area contributed by atoms with Crippen molar-refractivity contribution in [3.63, 3.8) is 0 Å². The third-order valence-electron chi connectivity index (χ3n) is 6.48. The highest BCUT2D eigenvalue weighted by Gasteiger charge is 2.34. The average molecular weight is 487 g/mol. The summed E-state index contributed by atoms with van der Waals surface area (Å²) in [5.74, 6) is -1.18. The zero-order chi connectivity index (χ0) is 26.0. The molecule has 0 bridgehead atoms. The Morgan fingerprint density at radius 1 is 0.583 bits per heavy atom. The van der Waals surface area contributed by atoms with Gasteiger partial charge in [0.1, 0.15) is 35.9 Å². The average Bonchev–Trinajstić information content (AvgIpc) is 2.87. The van der Waals surface area contributed by atoms with Crippen LogP contribution in [-0.2, 0) is 0 Å². The number of rotatable bonds is 7. The second kappa shape index (κ2) is 10.5. The predicted molar refractivity (Wildman–Crippen MR) is 143 cm³/mol. The third-order valence-corrected chi connectivity index (χ3v) is 6.48. The molecule has 0 fully saturated rings. The van der Waals surface area contributed by atoms with Crippen LogP contribution in [0.4, 0.5) is 0 Å². The van der Waals surface area contributed by atoms with Crippen LogP contribution in [-0.4, -0.2) is 55.1 Å². The van der Waals surface area contributed by atoms with Crippen LogP contribution in [0, 0.1) is 13.8 Å². The summed E-state index contributed by atoms with van der Waals surface area (Å²) in [7, 11) is 0. The Morgan fingerprint density at radius 3 is 1.36 bits per heavy atom. The Bertz CT molecular complexity index is 1340. The Morgan fingerprint density at radius 2 is 0.972 bits per heavy atom. The molecule has 6 heteroatoms. The van der Waals surface area contributed by atoms with Crippen molar-refractivity contribution in [2.24, 2.45) is 0 Å². The van der Waals surface area contributed by atoms with Gasteiger partial charge in [-0.15, -0.1) is 0 Å². The van der Waals surface area contributed by atoms with Crippen molar-refractivity contribution in [2.45, 2.75) is 38.3 Å². The molecule has 6 nitrogen and oxygen atoms in total. The lowest BCUT2D eigenvalue weighted by Crippen LogP contribution is -2.45. The summed E-state index contributed by atoms with van der Waals surface area (Å²) in [6, 6.07) is 22.6. The van der Waals surface area contributed by atoms with Gasteiger partial charge in [0.2, 0.25) is 0 Å². The first-order chi connectivity index (χ1) is 17.2. The van der Waals surface area contributed by atoms with Gasteiger partial charge >= 0.3 is 0 Å². The highest BCUT2D eigenvalue weighted by atomic mass is 16.4. The van der Waals surface area contributed by atoms with Crippen LogP contribution in [0.25, 0.3) is 33.7 Å². The highest BCUT2D eigenvalue weighted by Crippen LogP contribution is 2.24. The van der Waals surface area contributed by atoms with Crippen molar-refractivity contribution in [3.8, 4) is 0 Å². The molecule has 4 aromatic rings. The number of aliphatic hydroxyl groups excluding tert-OH is 6. The molecule has 6 N–H and O–H groups in total. The minimum atomic E-state index is -1.96. The smallest absolute Gasteiger partial charge is 0.139 e. The molecule has 4 aromatic carbocycles. The van der Waals surface area contributed by atoms with Crippen LogP contribution in [0.5, 0.6) is 0 Å². The number of aliphatic hydroxyl groups is 6. The van der Waals surface area contributed by atoms with E-state index in [1.54, 1.807) is 12.1 Å². The summed E-state index contributed by atoms with van der Waals surface area (Å²) < 4.78 is 0. The minimum Gasteiger partial charge on any atom is -0.509 e. The zero-order valence-electron chi connectivity index (χ0n) is 20.1. The molecule has 0 radical (unpaired) electrons. The Labute approximate surface area is 209 Å². The predicted octanol–water partition coefficient (Wildman–Crippen LogP) is 4.55. The van der Waals surface area contributed by atoms with Crippen LogP contribution < -0.4 is 0 Å². The number of aryl methyl sites for hydroxylation is 2. The molecule has 0 aliphatic carbocycles. The lowest BCUT2D eigenvalue weighted by molar-refractivity contribution is -0.0996. The van der Waals surface area contributed by atoms with Crippen LogP contribution in [0.1, 0.15) is 22.3 Å². The third kappa shape index (κ3) is 5.27. The van der Waals surface area contributed by atoms with Crippen molar-refractivity contribution >= 4 is 33.7 Å². The first kappa shape index (κ1) is 25.4. The molecule has 4 rings (SSSR count). The van der Waals surface area contributed by atoms with E-state index in [1.807, 2.05) is 74.5 Å². The molecule has 36 heavy (non-hydrogen) atoms. The monoisotopic (exact) mass is 486 g/mol. The molecule has 0 aromatic heterocycles. The van der Waals surface area contributed by atoms with Gasteiger partial charge in [0, 0.05) is 0 Å². The van der Waals surface area contributed by atoms with Crippen molar-refractivity contribution < 1.29 is 30.6 Å². The summed E-state index contributed by atoms with van der Waals surface area (Å²) in [4.78, 5) is 0. The summed E-state index contributed by atoms with van der Waals surface area (Å²) in [5.41, 5.74) is 3.38. The van der Waals surface area contributed by atoms with E-state index >= 15 is 0 Å². The van der Waals surface area contributed by atoms with Crippen LogP contribution in [0.3, 0.4) is 0 Å². The molecule has 0 aliphatic rings. The van der Waals surface area contributed by atoms with E-state index in [1.165, 1.54) is 12.2 Å². The lowest BCUT2D eigenvalue weighted by atomic mass is 9.97. The Hall–Kier alpha value is -3.68. The summed E-state index contributed by atoms with van der Waals surface area (Å²) in [6.07, 6.45) is -5.15. The normalized spacial score (nSPS) is 16.2. The maximum atomic E-state index is 10.4. The summed E-state index contributed by atoms with van der Waals surface area (Å²) in [5, 5.41) is 66.4. The SMILES string of the molecule is Cc1cccc2cc(C=C(O)[C@@H](O)[C@@H](O)[C@H](O)[C@H](O)C(O)=Cc3ccc4c(C)cccc4c3)ccc12. The van der Waals surface area contributed by atoms with Crippen molar-refractivity contribution in [3.05, 3.63) is 107 Å². The molecule has 4 atom stereocenters. The van der Waals surface area contributed by atoms with Gasteiger partial charge in [0.15, 0.2) is 0 Å². The number of hydrogen-bond acceptors (Lipinski definition) is 6. The van der Waals surface area contributed by atoms with Crippen molar-refractivity contribution in [1.29, 1.82) is 0 Å². The molecule has 186 valence electrons. The van der Waals surface area contributed by atoms with Gasteiger partial charge < -0.3 is 30.6 Å². The molecule has 0 heterocycles. The number of fused-ring (bicyclic) bond motifs is 2. The Balaban J connectivity index is 1.49. The van der Waals surface area contributed by atoms with Crippen LogP contribution >= 0.6 is 0 Å². The van der Waals surface area contributed by atoms with E-state index in [0.717, 1.165) is 32.7 Å². The minimum absolute atomic E-state index is 0.584. The van der Waals surface area contributed by atoms with Gasteiger partial charge in [-0.2, -0.15) is 0 Å². The second-order valence-corrected chi connectivity index (χ2v) is 9.12. The van der Waals surface area contributed by atoms with Gasteiger partial charge in [-0.05, 0) is 81.9 Å². The molecular formula is C30H30O6. The maximum absolute atomic E-state index is 10.4. The standard InChI is InChI=1S/C30H30O6/c1-17-5-3-7-21-13-19(9-11-23(17)21)15-25(31)27(33)29(35)30(36)28(34)26(32)16-20-10-12-24-18(2)6-4-8-22(24)14-20/h3-16,27-36H,1-2H3/t27-,28-,29-,30-/m1/s1. The van der Waals surface area contributed by atoms with Crippen molar-refractivity contribution in [2.75, 3.05) is 0 Å². The van der Waals surface area contributed by atoms with E-state index in [9.17, 15) is 30.6 Å². The van der Waals surface area contributed by atoms with E-state index in [4.69, 9.17) is 0 Å². The first-order valence-electron chi connectivity index (χ1n) is 11.7. The summed E-state index contributed by atoms with van der Waals surface area (Å²) >= 11 is 0. The quantitative estimate of drug-likeness (QED) is 0.213. The van der Waals surface area contributed by atoms with Gasteiger partial charge in [0.25, 0.3) is 0 Å². The fourth-order valence-electron chi connectivity index (χ4n) is 4.34. The zero-order valence-corrected chi connectivity index (χ0v) is 20.1. The number of benzene rings is 4. The molecule has 0 amide bonds. The second-order valence-electron chi connectivity index (χ2n) is 9.12. The molecular weight excluding hydrogens is 456 g/mol. The number of hydrogen-bond donors (Lipinski definition) is 6. The van der Waals surface area contributed by atoms with Crippen LogP contribution in [0.15, 0.2) is 84.3 Å².